The lowest BCUT2D eigenvalue weighted by Crippen LogP contribution is -2.54. The van der Waals surface area contributed by atoms with Gasteiger partial charge >= 0.3 is 6.03 Å². The Morgan fingerprint density at radius 3 is 2.38 bits per heavy atom. The molecule has 0 bridgehead atoms. The molecule has 3 aromatic rings. The van der Waals surface area contributed by atoms with E-state index in [-0.39, 0.29) is 5.57 Å². The number of rotatable bonds is 5. The van der Waals surface area contributed by atoms with Crippen molar-refractivity contribution in [3.05, 3.63) is 98.1 Å². The average molecular weight is 559 g/mol. The summed E-state index contributed by atoms with van der Waals surface area (Å²) < 4.78 is 6.69. The van der Waals surface area contributed by atoms with Gasteiger partial charge in [-0.25, -0.2) is 9.69 Å². The SMILES string of the molecule is O=C1NC(=O)N(c2ccc(Cl)cc2)C(=O)/C1=C/c1ccc(OCc2ccccc2)c(I)c1. The van der Waals surface area contributed by atoms with Gasteiger partial charge in [-0.15, -0.1) is 0 Å². The fourth-order valence-electron chi connectivity index (χ4n) is 3.11. The Labute approximate surface area is 203 Å². The zero-order valence-corrected chi connectivity index (χ0v) is 19.5. The molecule has 1 aliphatic rings. The summed E-state index contributed by atoms with van der Waals surface area (Å²) in [4.78, 5) is 38.5. The van der Waals surface area contributed by atoms with Crippen LogP contribution in [0.2, 0.25) is 5.02 Å². The molecule has 3 aromatic carbocycles. The summed E-state index contributed by atoms with van der Waals surface area (Å²) in [5.41, 5.74) is 1.85. The zero-order chi connectivity index (χ0) is 22.7. The highest BCUT2D eigenvalue weighted by atomic mass is 127. The predicted octanol–water partition coefficient (Wildman–Crippen LogP) is 5.19. The Balaban J connectivity index is 1.57. The Hall–Kier alpha value is -3.17. The molecule has 6 nitrogen and oxygen atoms in total. The number of barbiturate groups is 1. The van der Waals surface area contributed by atoms with Crippen molar-refractivity contribution >= 4 is 63.8 Å². The molecule has 8 heteroatoms. The van der Waals surface area contributed by atoms with Gasteiger partial charge in [0, 0.05) is 5.02 Å². The van der Waals surface area contributed by atoms with Crippen molar-refractivity contribution in [3.8, 4) is 5.75 Å². The number of carbonyl (C=O) groups excluding carboxylic acids is 3. The van der Waals surface area contributed by atoms with Gasteiger partial charge in [0.05, 0.1) is 9.26 Å². The lowest BCUT2D eigenvalue weighted by molar-refractivity contribution is -0.122. The zero-order valence-electron chi connectivity index (χ0n) is 16.5. The van der Waals surface area contributed by atoms with Crippen LogP contribution in [0.5, 0.6) is 5.75 Å². The molecule has 1 N–H and O–H groups in total. The second-order valence-electron chi connectivity index (χ2n) is 6.90. The van der Waals surface area contributed by atoms with Crippen molar-refractivity contribution in [2.75, 3.05) is 4.90 Å². The van der Waals surface area contributed by atoms with Crippen molar-refractivity contribution in [1.82, 2.24) is 5.32 Å². The normalized spacial score (nSPS) is 15.1. The van der Waals surface area contributed by atoms with Crippen LogP contribution in [0.3, 0.4) is 0 Å². The highest BCUT2D eigenvalue weighted by Gasteiger charge is 2.36. The summed E-state index contributed by atoms with van der Waals surface area (Å²) in [6, 6.07) is 20.5. The number of nitrogens with one attached hydrogen (secondary N) is 1. The molecule has 1 saturated heterocycles. The Morgan fingerprint density at radius 1 is 0.969 bits per heavy atom. The van der Waals surface area contributed by atoms with E-state index in [1.807, 2.05) is 30.3 Å². The van der Waals surface area contributed by atoms with E-state index in [1.165, 1.54) is 18.2 Å². The molecule has 1 fully saturated rings. The van der Waals surface area contributed by atoms with E-state index < -0.39 is 17.8 Å². The highest BCUT2D eigenvalue weighted by molar-refractivity contribution is 14.1. The van der Waals surface area contributed by atoms with E-state index >= 15 is 0 Å². The quantitative estimate of drug-likeness (QED) is 0.266. The van der Waals surface area contributed by atoms with Crippen LogP contribution < -0.4 is 15.0 Å². The van der Waals surface area contributed by atoms with Crippen molar-refractivity contribution in [2.24, 2.45) is 0 Å². The number of nitrogens with zero attached hydrogens (tertiary/aromatic N) is 1. The number of benzene rings is 3. The lowest BCUT2D eigenvalue weighted by Gasteiger charge is -2.26. The van der Waals surface area contributed by atoms with Crippen LogP contribution in [-0.4, -0.2) is 17.8 Å². The summed E-state index contributed by atoms with van der Waals surface area (Å²) in [7, 11) is 0. The topological polar surface area (TPSA) is 75.7 Å². The minimum atomic E-state index is -0.807. The van der Waals surface area contributed by atoms with Crippen molar-refractivity contribution in [1.29, 1.82) is 0 Å². The predicted molar refractivity (Wildman–Crippen MR) is 130 cm³/mol. The van der Waals surface area contributed by atoms with Gasteiger partial charge in [-0.3, -0.25) is 14.9 Å². The number of hydrogen-bond donors (Lipinski definition) is 1. The van der Waals surface area contributed by atoms with Crippen molar-refractivity contribution in [2.45, 2.75) is 6.61 Å². The average Bonchev–Trinajstić information content (AvgIpc) is 2.78. The summed E-state index contributed by atoms with van der Waals surface area (Å²) in [5.74, 6) is -0.765. The molecular formula is C24H16ClIN2O4. The van der Waals surface area contributed by atoms with Crippen LogP contribution in [-0.2, 0) is 16.2 Å². The van der Waals surface area contributed by atoms with Gasteiger partial charge in [-0.1, -0.05) is 48.0 Å². The molecule has 1 heterocycles. The fourth-order valence-corrected chi connectivity index (χ4v) is 3.93. The van der Waals surface area contributed by atoms with Gasteiger partial charge < -0.3 is 4.74 Å². The third-order valence-electron chi connectivity index (χ3n) is 4.69. The Bertz CT molecular complexity index is 1230. The monoisotopic (exact) mass is 558 g/mol. The van der Waals surface area contributed by atoms with E-state index in [2.05, 4.69) is 27.9 Å². The van der Waals surface area contributed by atoms with Gasteiger partial charge in [-0.2, -0.15) is 0 Å². The summed E-state index contributed by atoms with van der Waals surface area (Å²) in [5, 5.41) is 2.67. The second-order valence-corrected chi connectivity index (χ2v) is 8.50. The number of urea groups is 1. The first kappa shape index (κ1) is 22.0. The molecule has 4 rings (SSSR count). The lowest BCUT2D eigenvalue weighted by atomic mass is 10.1. The van der Waals surface area contributed by atoms with E-state index in [1.54, 1.807) is 30.3 Å². The minimum absolute atomic E-state index is 0.145. The minimum Gasteiger partial charge on any atom is -0.488 e. The number of hydrogen-bond acceptors (Lipinski definition) is 4. The second kappa shape index (κ2) is 9.54. The molecule has 0 aliphatic carbocycles. The van der Waals surface area contributed by atoms with Crippen LogP contribution in [0.25, 0.3) is 6.08 Å². The van der Waals surface area contributed by atoms with Crippen LogP contribution in [0.4, 0.5) is 10.5 Å². The number of amides is 4. The summed E-state index contributed by atoms with van der Waals surface area (Å²) in [6.07, 6.45) is 1.45. The first-order valence-corrected chi connectivity index (χ1v) is 11.0. The Kier molecular flexibility index (Phi) is 6.57. The van der Waals surface area contributed by atoms with Crippen LogP contribution in [0.15, 0.2) is 78.4 Å². The standard InChI is InChI=1S/C24H16ClIN2O4/c25-17-7-9-18(10-8-17)28-23(30)19(22(29)27-24(28)31)12-16-6-11-21(20(26)13-16)32-14-15-4-2-1-3-5-15/h1-13H,14H2,(H,27,29,31)/b19-12+. The van der Waals surface area contributed by atoms with Crippen molar-refractivity contribution in [3.63, 3.8) is 0 Å². The molecule has 0 aromatic heterocycles. The largest absolute Gasteiger partial charge is 0.488 e. The maximum absolute atomic E-state index is 13.0. The van der Waals surface area contributed by atoms with E-state index in [0.29, 0.717) is 28.6 Å². The molecule has 4 amide bonds. The maximum Gasteiger partial charge on any atom is 0.335 e. The molecule has 0 unspecified atom stereocenters. The number of carbonyl (C=O) groups is 3. The molecule has 0 radical (unpaired) electrons. The van der Waals surface area contributed by atoms with Gasteiger partial charge in [0.2, 0.25) is 0 Å². The van der Waals surface area contributed by atoms with Gasteiger partial charge in [0.1, 0.15) is 17.9 Å². The molecule has 0 saturated carbocycles. The smallest absolute Gasteiger partial charge is 0.335 e. The van der Waals surface area contributed by atoms with Crippen LogP contribution in [0.1, 0.15) is 11.1 Å². The van der Waals surface area contributed by atoms with E-state index in [4.69, 9.17) is 16.3 Å². The summed E-state index contributed by atoms with van der Waals surface area (Å²) >= 11 is 8.02. The first-order chi connectivity index (χ1) is 15.4. The van der Waals surface area contributed by atoms with E-state index in [0.717, 1.165) is 14.0 Å². The number of imide groups is 2. The van der Waals surface area contributed by atoms with Crippen LogP contribution in [0, 0.1) is 3.57 Å². The third kappa shape index (κ3) is 4.84. The first-order valence-electron chi connectivity index (χ1n) is 9.55. The number of ether oxygens (including phenoxy) is 1. The molecule has 32 heavy (non-hydrogen) atoms. The maximum atomic E-state index is 13.0. The third-order valence-corrected chi connectivity index (χ3v) is 5.79. The molecular weight excluding hydrogens is 543 g/mol. The molecule has 1 aliphatic heterocycles. The van der Waals surface area contributed by atoms with Gasteiger partial charge in [0.25, 0.3) is 11.8 Å². The highest BCUT2D eigenvalue weighted by Crippen LogP contribution is 2.27. The molecule has 0 spiro atoms. The fraction of sp³-hybridized carbons (Fsp3) is 0.0417. The van der Waals surface area contributed by atoms with Gasteiger partial charge in [0.15, 0.2) is 0 Å². The molecule has 0 atom stereocenters. The van der Waals surface area contributed by atoms with Gasteiger partial charge in [-0.05, 0) is 76.2 Å². The summed E-state index contributed by atoms with van der Waals surface area (Å²) in [6.45, 7) is 0.427. The Morgan fingerprint density at radius 2 is 1.69 bits per heavy atom. The molecule has 160 valence electrons. The van der Waals surface area contributed by atoms with Crippen molar-refractivity contribution < 1.29 is 19.1 Å². The van der Waals surface area contributed by atoms with E-state index in [9.17, 15) is 14.4 Å². The number of halogens is 2. The van der Waals surface area contributed by atoms with Crippen LogP contribution >= 0.6 is 34.2 Å². The number of anilines is 1.